The Morgan fingerprint density at radius 2 is 1.98 bits per heavy atom. The van der Waals surface area contributed by atoms with Crippen LogP contribution in [0.2, 0.25) is 0 Å². The Kier molecular flexibility index (Phi) is 8.51. The summed E-state index contributed by atoms with van der Waals surface area (Å²) in [7, 11) is 0. The van der Waals surface area contributed by atoms with Crippen molar-refractivity contribution in [1.29, 1.82) is 0 Å². The molecule has 1 atom stereocenters. The molecule has 5 heterocycles. The van der Waals surface area contributed by atoms with Gasteiger partial charge < -0.3 is 37.7 Å². The van der Waals surface area contributed by atoms with Crippen LogP contribution in [-0.2, 0) is 32.0 Å². The van der Waals surface area contributed by atoms with Crippen molar-refractivity contribution in [3.63, 3.8) is 0 Å². The van der Waals surface area contributed by atoms with Crippen LogP contribution in [0.15, 0.2) is 42.4 Å². The van der Waals surface area contributed by atoms with Gasteiger partial charge in [-0.05, 0) is 51.4 Å². The molecule has 0 spiro atoms. The zero-order valence-corrected chi connectivity index (χ0v) is 26.1. The smallest absolute Gasteiger partial charge is 0.394 e. The van der Waals surface area contributed by atoms with Crippen LogP contribution >= 0.6 is 0 Å². The summed E-state index contributed by atoms with van der Waals surface area (Å²) in [5, 5.41) is 13.7. The molecular weight excluding hydrogens is 571 g/mol. The van der Waals surface area contributed by atoms with Crippen LogP contribution < -0.4 is 10.6 Å². The lowest BCUT2D eigenvalue weighted by atomic mass is 9.85. The van der Waals surface area contributed by atoms with Crippen molar-refractivity contribution in [1.82, 2.24) is 30.1 Å². The molecule has 0 saturated carbocycles. The number of fused-ring (bicyclic) bond motifs is 2. The minimum Gasteiger partial charge on any atom is -0.394 e. The van der Waals surface area contributed by atoms with Crippen molar-refractivity contribution < 1.29 is 32.2 Å². The maximum absolute atomic E-state index is 15.6. The number of aromatic nitrogens is 4. The van der Waals surface area contributed by atoms with Crippen LogP contribution in [-0.4, -0.2) is 73.5 Å². The van der Waals surface area contributed by atoms with Crippen molar-refractivity contribution in [2.75, 3.05) is 13.2 Å². The molecule has 14 heteroatoms. The van der Waals surface area contributed by atoms with Gasteiger partial charge in [-0.3, -0.25) is 14.3 Å². The highest BCUT2D eigenvalue weighted by Crippen LogP contribution is 2.36. The van der Waals surface area contributed by atoms with Gasteiger partial charge in [0, 0.05) is 73.7 Å². The summed E-state index contributed by atoms with van der Waals surface area (Å²) in [5.74, 6) is -1.59. The third-order valence-electron chi connectivity index (χ3n) is 8.10. The maximum Gasteiger partial charge on any atom is 0.737 e. The molecule has 2 N–H and O–H groups in total. The molecule has 0 bridgehead atoms. The standard InChI is InChI=1S/C30H40BF2N7O4/c1-20-16-21(2)39-25(20)17-24-10-9-23(40(24)31(39,32)33)8-7-15-38-18-22(36-37-38)11-13-34-26(41)12-14-35-28(42)27-29(3,4)19-43-30(5,6)44-27/h9-10,12,14,16-18,27H,7-8,11,13,15,19H2,1-6H3,(H,34,41)(H,35,42)/b14-12-. The van der Waals surface area contributed by atoms with E-state index in [4.69, 9.17) is 9.47 Å². The number of allylic oxidation sites excluding steroid dienone is 2. The van der Waals surface area contributed by atoms with E-state index in [-0.39, 0.29) is 11.8 Å². The quantitative estimate of drug-likeness (QED) is 0.315. The lowest BCUT2D eigenvalue weighted by Gasteiger charge is -2.44. The molecule has 2 aromatic heterocycles. The zero-order chi connectivity index (χ0) is 31.9. The van der Waals surface area contributed by atoms with Gasteiger partial charge in [0.1, 0.15) is 11.8 Å². The first-order valence-corrected chi connectivity index (χ1v) is 14.9. The number of nitrogens with zero attached hydrogens (tertiary/aromatic N) is 5. The Labute approximate surface area is 255 Å². The third kappa shape index (κ3) is 6.46. The van der Waals surface area contributed by atoms with E-state index in [0.29, 0.717) is 67.4 Å². The van der Waals surface area contributed by atoms with E-state index >= 15 is 8.63 Å². The molecule has 3 aliphatic heterocycles. The van der Waals surface area contributed by atoms with E-state index in [9.17, 15) is 9.59 Å². The van der Waals surface area contributed by atoms with E-state index < -0.39 is 24.3 Å². The van der Waals surface area contributed by atoms with Crippen LogP contribution in [0.4, 0.5) is 8.63 Å². The number of hydrogen-bond donors (Lipinski definition) is 2. The molecule has 2 aromatic rings. The second-order valence-corrected chi connectivity index (χ2v) is 12.7. The molecule has 1 unspecified atom stereocenters. The zero-order valence-electron chi connectivity index (χ0n) is 26.1. The van der Waals surface area contributed by atoms with Gasteiger partial charge in [0.2, 0.25) is 5.91 Å². The number of halogens is 2. The highest BCUT2D eigenvalue weighted by Gasteiger charge is 2.52. The van der Waals surface area contributed by atoms with E-state index in [0.717, 1.165) is 10.0 Å². The van der Waals surface area contributed by atoms with E-state index in [2.05, 4.69) is 20.9 Å². The van der Waals surface area contributed by atoms with Gasteiger partial charge in [-0.1, -0.05) is 19.1 Å². The number of carbonyl (C=O) groups excluding carboxylic acids is 2. The Hall–Kier alpha value is -3.91. The molecule has 0 aliphatic carbocycles. The average molecular weight is 612 g/mol. The average Bonchev–Trinajstić information content (AvgIpc) is 3.64. The van der Waals surface area contributed by atoms with Crippen LogP contribution in [0.5, 0.6) is 0 Å². The fraction of sp³-hybridized carbons (Fsp3) is 0.500. The lowest BCUT2D eigenvalue weighted by molar-refractivity contribution is -0.362. The first kappa shape index (κ1) is 31.5. The van der Waals surface area contributed by atoms with Gasteiger partial charge in [0.05, 0.1) is 12.3 Å². The first-order chi connectivity index (χ1) is 20.7. The van der Waals surface area contributed by atoms with Gasteiger partial charge >= 0.3 is 6.97 Å². The van der Waals surface area contributed by atoms with Gasteiger partial charge in [0.15, 0.2) is 11.5 Å². The van der Waals surface area contributed by atoms with E-state index in [1.165, 1.54) is 16.8 Å². The highest BCUT2D eigenvalue weighted by molar-refractivity contribution is 6.58. The molecule has 3 aliphatic rings. The van der Waals surface area contributed by atoms with Crippen LogP contribution in [0.3, 0.4) is 0 Å². The summed E-state index contributed by atoms with van der Waals surface area (Å²) >= 11 is 0. The SMILES string of the molecule is Cc1cc(C)n2c1C=C1C=CC(CCCn3cc(CCNC(=O)/C=C\NC(=O)C4OC(C)(C)OCC4(C)C)nn3)=[N+]1[B-]2(F)F. The number of aryl methyl sites for hydroxylation is 3. The summed E-state index contributed by atoms with van der Waals surface area (Å²) in [5.41, 5.74) is 3.23. The summed E-state index contributed by atoms with van der Waals surface area (Å²) in [6.45, 7) is 8.08. The topological polar surface area (TPSA) is 115 Å². The fourth-order valence-electron chi connectivity index (χ4n) is 5.85. The van der Waals surface area contributed by atoms with Crippen molar-refractivity contribution in [2.45, 2.75) is 79.2 Å². The predicted molar refractivity (Wildman–Crippen MR) is 162 cm³/mol. The van der Waals surface area contributed by atoms with Gasteiger partial charge in [0.25, 0.3) is 5.91 Å². The molecule has 236 valence electrons. The molecule has 5 rings (SSSR count). The van der Waals surface area contributed by atoms with E-state index in [1.54, 1.807) is 49.9 Å². The Bertz CT molecular complexity index is 1590. The summed E-state index contributed by atoms with van der Waals surface area (Å²) < 4.78 is 46.6. The maximum atomic E-state index is 15.6. The van der Waals surface area contributed by atoms with Crippen molar-refractivity contribution >= 4 is 30.6 Å². The molecule has 0 aromatic carbocycles. The number of rotatable bonds is 10. The predicted octanol–water partition coefficient (Wildman–Crippen LogP) is 3.24. The Morgan fingerprint density at radius 3 is 2.75 bits per heavy atom. The molecule has 2 amide bonds. The summed E-state index contributed by atoms with van der Waals surface area (Å²) in [4.78, 5) is 24.9. The molecule has 0 radical (unpaired) electrons. The molecular formula is C30H40BF2N7O4. The van der Waals surface area contributed by atoms with Crippen molar-refractivity contribution in [3.05, 3.63) is 65.0 Å². The minimum absolute atomic E-state index is 0.324. The number of nitrogens with one attached hydrogen (secondary N) is 2. The Morgan fingerprint density at radius 1 is 1.20 bits per heavy atom. The first-order valence-electron chi connectivity index (χ1n) is 14.9. The summed E-state index contributed by atoms with van der Waals surface area (Å²) in [6, 6.07) is 1.80. The monoisotopic (exact) mass is 611 g/mol. The minimum atomic E-state index is -3.97. The van der Waals surface area contributed by atoms with Crippen LogP contribution in [0.25, 0.3) is 6.08 Å². The molecule has 44 heavy (non-hydrogen) atoms. The number of ether oxygens (including phenoxy) is 2. The van der Waals surface area contributed by atoms with Crippen molar-refractivity contribution in [3.8, 4) is 0 Å². The largest absolute Gasteiger partial charge is 0.737 e. The van der Waals surface area contributed by atoms with Gasteiger partial charge in [-0.15, -0.1) is 5.10 Å². The number of amides is 2. The summed E-state index contributed by atoms with van der Waals surface area (Å²) in [6.07, 6.45) is 10.5. The third-order valence-corrected chi connectivity index (χ3v) is 8.10. The number of carbonyl (C=O) groups is 2. The van der Waals surface area contributed by atoms with Gasteiger partial charge in [-0.2, -0.15) is 0 Å². The fourth-order valence-corrected chi connectivity index (χ4v) is 5.85. The van der Waals surface area contributed by atoms with E-state index in [1.807, 2.05) is 26.8 Å². The molecule has 11 nitrogen and oxygen atoms in total. The number of hydrogen-bond acceptors (Lipinski definition) is 6. The molecule has 1 fully saturated rings. The normalized spacial score (nSPS) is 21.3. The van der Waals surface area contributed by atoms with Crippen LogP contribution in [0.1, 0.15) is 63.2 Å². The molecule has 1 saturated heterocycles. The van der Waals surface area contributed by atoms with Crippen molar-refractivity contribution in [2.24, 2.45) is 5.41 Å². The lowest BCUT2D eigenvalue weighted by Crippen LogP contribution is -2.55. The Balaban J connectivity index is 1.06. The second-order valence-electron chi connectivity index (χ2n) is 12.7. The van der Waals surface area contributed by atoms with Crippen LogP contribution in [0, 0.1) is 19.3 Å². The second kappa shape index (κ2) is 11.9. The van der Waals surface area contributed by atoms with Gasteiger partial charge in [-0.25, -0.2) is 0 Å². The highest BCUT2D eigenvalue weighted by atomic mass is 19.2.